The van der Waals surface area contributed by atoms with Gasteiger partial charge in [-0.05, 0) is 41.6 Å². The van der Waals surface area contributed by atoms with Crippen molar-refractivity contribution in [2.75, 3.05) is 20.3 Å². The molecule has 0 N–H and O–H groups in total. The molecule has 0 aliphatic heterocycles. The molecule has 0 bridgehead atoms. The van der Waals surface area contributed by atoms with E-state index in [4.69, 9.17) is 9.47 Å². The van der Waals surface area contributed by atoms with Gasteiger partial charge in [-0.25, -0.2) is 4.98 Å². The monoisotopic (exact) mass is 293 g/mol. The molecular weight excluding hydrogens is 281 g/mol. The molecule has 72 valence electrons. The number of hydrogen-bond acceptors (Lipinski definition) is 3. The van der Waals surface area contributed by atoms with Gasteiger partial charge in [0.2, 0.25) is 0 Å². The van der Waals surface area contributed by atoms with Crippen molar-refractivity contribution in [1.29, 1.82) is 0 Å². The van der Waals surface area contributed by atoms with Crippen LogP contribution in [0.1, 0.15) is 5.69 Å². The normalized spacial score (nSPS) is 10.1. The average molecular weight is 293 g/mol. The van der Waals surface area contributed by atoms with E-state index in [2.05, 4.69) is 27.6 Å². The summed E-state index contributed by atoms with van der Waals surface area (Å²) in [6, 6.07) is 3.87. The Balaban J connectivity index is 2.56. The highest BCUT2D eigenvalue weighted by molar-refractivity contribution is 14.1. The molecule has 1 heterocycles. The fourth-order valence-corrected chi connectivity index (χ4v) is 1.57. The van der Waals surface area contributed by atoms with Crippen molar-refractivity contribution in [1.82, 2.24) is 4.98 Å². The summed E-state index contributed by atoms with van der Waals surface area (Å²) in [5.41, 5.74) is 1.00. The van der Waals surface area contributed by atoms with Crippen molar-refractivity contribution in [3.05, 3.63) is 21.5 Å². The second-order valence-electron chi connectivity index (χ2n) is 2.58. The molecule has 0 saturated heterocycles. The van der Waals surface area contributed by atoms with Crippen molar-refractivity contribution < 1.29 is 9.47 Å². The lowest BCUT2D eigenvalue weighted by atomic mass is 10.4. The molecule has 0 saturated carbocycles. The van der Waals surface area contributed by atoms with Gasteiger partial charge in [0.1, 0.15) is 10.3 Å². The third kappa shape index (κ3) is 3.48. The first-order valence-electron chi connectivity index (χ1n) is 3.99. The number of methoxy groups -OCH3 is 1. The quantitative estimate of drug-likeness (QED) is 0.483. The number of pyridine rings is 1. The van der Waals surface area contributed by atoms with Gasteiger partial charge < -0.3 is 9.47 Å². The number of aryl methyl sites for hydroxylation is 1. The van der Waals surface area contributed by atoms with Crippen LogP contribution in [0.15, 0.2) is 12.1 Å². The highest BCUT2D eigenvalue weighted by Gasteiger charge is 2.01. The Morgan fingerprint density at radius 1 is 1.38 bits per heavy atom. The second kappa shape index (κ2) is 5.39. The topological polar surface area (TPSA) is 31.4 Å². The fourth-order valence-electron chi connectivity index (χ4n) is 0.855. The molecule has 3 nitrogen and oxygen atoms in total. The molecule has 0 aliphatic carbocycles. The molecule has 0 atom stereocenters. The summed E-state index contributed by atoms with van der Waals surface area (Å²) in [6.07, 6.45) is 0. The van der Waals surface area contributed by atoms with E-state index in [1.165, 1.54) is 0 Å². The highest BCUT2D eigenvalue weighted by atomic mass is 127. The van der Waals surface area contributed by atoms with Crippen LogP contribution in [0.3, 0.4) is 0 Å². The van der Waals surface area contributed by atoms with Crippen LogP contribution in [0.2, 0.25) is 0 Å². The molecular formula is C9H12INO2. The van der Waals surface area contributed by atoms with E-state index in [-0.39, 0.29) is 0 Å². The zero-order valence-electron chi connectivity index (χ0n) is 7.71. The van der Waals surface area contributed by atoms with Gasteiger partial charge in [-0.1, -0.05) is 0 Å². The van der Waals surface area contributed by atoms with Crippen LogP contribution in [0.5, 0.6) is 5.75 Å². The summed E-state index contributed by atoms with van der Waals surface area (Å²) in [4.78, 5) is 4.27. The second-order valence-corrected chi connectivity index (χ2v) is 3.60. The van der Waals surface area contributed by atoms with Crippen LogP contribution >= 0.6 is 22.6 Å². The smallest absolute Gasteiger partial charge is 0.151 e. The maximum absolute atomic E-state index is 5.44. The molecule has 13 heavy (non-hydrogen) atoms. The first-order chi connectivity index (χ1) is 6.24. The van der Waals surface area contributed by atoms with Crippen molar-refractivity contribution in [3.8, 4) is 5.75 Å². The third-order valence-electron chi connectivity index (χ3n) is 1.50. The zero-order valence-corrected chi connectivity index (χ0v) is 9.87. The van der Waals surface area contributed by atoms with Gasteiger partial charge in [0.05, 0.1) is 6.61 Å². The van der Waals surface area contributed by atoms with E-state index in [9.17, 15) is 0 Å². The Labute approximate surface area is 91.6 Å². The minimum atomic E-state index is 0.567. The molecule has 0 fully saturated rings. The van der Waals surface area contributed by atoms with Crippen LogP contribution in [0, 0.1) is 10.6 Å². The van der Waals surface area contributed by atoms with Crippen molar-refractivity contribution in [2.24, 2.45) is 0 Å². The summed E-state index contributed by atoms with van der Waals surface area (Å²) in [5.74, 6) is 0.822. The Bertz CT molecular complexity index is 278. The van der Waals surface area contributed by atoms with Gasteiger partial charge >= 0.3 is 0 Å². The van der Waals surface area contributed by atoms with Gasteiger partial charge in [-0.3, -0.25) is 0 Å². The van der Waals surface area contributed by atoms with E-state index in [0.29, 0.717) is 13.2 Å². The first-order valence-corrected chi connectivity index (χ1v) is 5.07. The van der Waals surface area contributed by atoms with E-state index in [1.54, 1.807) is 7.11 Å². The number of ether oxygens (including phenoxy) is 2. The van der Waals surface area contributed by atoms with Gasteiger partial charge in [-0.2, -0.15) is 0 Å². The summed E-state index contributed by atoms with van der Waals surface area (Å²) >= 11 is 2.16. The lowest BCUT2D eigenvalue weighted by molar-refractivity contribution is 0.145. The molecule has 1 aromatic heterocycles. The van der Waals surface area contributed by atoms with Crippen LogP contribution in [0.4, 0.5) is 0 Å². The third-order valence-corrected chi connectivity index (χ3v) is 2.27. The zero-order chi connectivity index (χ0) is 9.68. The Kier molecular flexibility index (Phi) is 4.44. The lowest BCUT2D eigenvalue weighted by Gasteiger charge is -2.06. The van der Waals surface area contributed by atoms with Gasteiger partial charge in [0.15, 0.2) is 5.75 Å². The number of aromatic nitrogens is 1. The average Bonchev–Trinajstić information content (AvgIpc) is 2.09. The van der Waals surface area contributed by atoms with Crippen molar-refractivity contribution in [3.63, 3.8) is 0 Å². The summed E-state index contributed by atoms with van der Waals surface area (Å²) < 4.78 is 11.2. The molecule has 0 aliphatic rings. The lowest BCUT2D eigenvalue weighted by Crippen LogP contribution is -2.05. The van der Waals surface area contributed by atoms with Crippen molar-refractivity contribution >= 4 is 22.6 Å². The molecule has 0 radical (unpaired) electrons. The molecule has 0 amide bonds. The van der Waals surface area contributed by atoms with E-state index in [0.717, 1.165) is 15.1 Å². The standard InChI is InChI=1S/C9H12INO2/c1-7-3-4-8(9(10)11-7)13-6-5-12-2/h3-4H,5-6H2,1-2H3. The predicted octanol–water partition coefficient (Wildman–Crippen LogP) is 2.02. The molecule has 0 aromatic carbocycles. The number of nitrogens with zero attached hydrogens (tertiary/aromatic N) is 1. The SMILES string of the molecule is COCCOc1ccc(C)nc1I. The Morgan fingerprint density at radius 2 is 2.15 bits per heavy atom. The number of halogens is 1. The van der Waals surface area contributed by atoms with Gasteiger partial charge in [-0.15, -0.1) is 0 Å². The first kappa shape index (κ1) is 10.7. The molecule has 1 aromatic rings. The Hall–Kier alpha value is -0.360. The molecule has 0 unspecified atom stereocenters. The minimum Gasteiger partial charge on any atom is -0.488 e. The minimum absolute atomic E-state index is 0.567. The highest BCUT2D eigenvalue weighted by Crippen LogP contribution is 2.18. The van der Waals surface area contributed by atoms with E-state index >= 15 is 0 Å². The van der Waals surface area contributed by atoms with Crippen LogP contribution < -0.4 is 4.74 Å². The molecule has 0 spiro atoms. The predicted molar refractivity (Wildman–Crippen MR) is 59.1 cm³/mol. The maximum Gasteiger partial charge on any atom is 0.151 e. The Morgan fingerprint density at radius 3 is 2.77 bits per heavy atom. The fraction of sp³-hybridized carbons (Fsp3) is 0.444. The van der Waals surface area contributed by atoms with E-state index in [1.807, 2.05) is 19.1 Å². The van der Waals surface area contributed by atoms with E-state index < -0.39 is 0 Å². The summed E-state index contributed by atoms with van der Waals surface area (Å²) in [5, 5.41) is 0. The van der Waals surface area contributed by atoms with Gasteiger partial charge in [0.25, 0.3) is 0 Å². The summed E-state index contributed by atoms with van der Waals surface area (Å²) in [7, 11) is 1.65. The van der Waals surface area contributed by atoms with Crippen LogP contribution in [0.25, 0.3) is 0 Å². The van der Waals surface area contributed by atoms with Crippen LogP contribution in [-0.2, 0) is 4.74 Å². The molecule has 1 rings (SSSR count). The van der Waals surface area contributed by atoms with Crippen LogP contribution in [-0.4, -0.2) is 25.3 Å². The number of hydrogen-bond donors (Lipinski definition) is 0. The molecule has 4 heteroatoms. The van der Waals surface area contributed by atoms with Gasteiger partial charge in [0, 0.05) is 12.8 Å². The van der Waals surface area contributed by atoms with Crippen molar-refractivity contribution in [2.45, 2.75) is 6.92 Å². The maximum atomic E-state index is 5.44. The summed E-state index contributed by atoms with van der Waals surface area (Å²) in [6.45, 7) is 3.13. The largest absolute Gasteiger partial charge is 0.488 e. The number of rotatable bonds is 4.